The number of nitrogens with one attached hydrogen (secondary N) is 2. The lowest BCUT2D eigenvalue weighted by molar-refractivity contribution is 0.0883. The van der Waals surface area contributed by atoms with Gasteiger partial charge in [-0.1, -0.05) is 12.1 Å². The van der Waals surface area contributed by atoms with E-state index in [2.05, 4.69) is 43.4 Å². The first kappa shape index (κ1) is 15.7. The molecule has 2 atom stereocenters. The number of H-pyrrole nitrogens is 1. The number of benzene rings is 1. The van der Waals surface area contributed by atoms with Crippen molar-refractivity contribution in [2.45, 2.75) is 18.7 Å². The Labute approximate surface area is 144 Å². The van der Waals surface area contributed by atoms with E-state index in [0.29, 0.717) is 13.1 Å². The zero-order valence-electron chi connectivity index (χ0n) is 13.6. The number of amides is 1. The quantitative estimate of drug-likeness (QED) is 0.658. The summed E-state index contributed by atoms with van der Waals surface area (Å²) in [6, 6.07) is 8.02. The maximum absolute atomic E-state index is 12.2. The third-order valence-electron chi connectivity index (χ3n) is 4.50. The highest BCUT2D eigenvalue weighted by Crippen LogP contribution is 2.18. The lowest BCUT2D eigenvalue weighted by Crippen LogP contribution is -2.43. The monoisotopic (exact) mass is 337 g/mol. The van der Waals surface area contributed by atoms with Crippen LogP contribution >= 0.6 is 0 Å². The zero-order valence-corrected chi connectivity index (χ0v) is 13.6. The maximum atomic E-state index is 12.2. The maximum Gasteiger partial charge on any atom is 0.271 e. The number of hydrogen-bond donors (Lipinski definition) is 3. The Balaban J connectivity index is 1.39. The number of carbonyl (C=O) groups is 1. The molecule has 1 aliphatic heterocycles. The molecule has 1 fully saturated rings. The van der Waals surface area contributed by atoms with Crippen molar-refractivity contribution in [3.63, 3.8) is 0 Å². The molecule has 1 amide bonds. The van der Waals surface area contributed by atoms with Gasteiger partial charge in [-0.3, -0.25) is 14.7 Å². The fraction of sp³-hybridized carbons (Fsp3) is 0.278. The SMILES string of the molecule is O=C(N[C@@H]1CN(Cc2ccc3cc[nH]c3c2)C[C@H]1O)c1cnccn1. The van der Waals surface area contributed by atoms with Gasteiger partial charge >= 0.3 is 0 Å². The lowest BCUT2D eigenvalue weighted by atomic mass is 10.1. The molecule has 7 heteroatoms. The molecule has 4 rings (SSSR count). The van der Waals surface area contributed by atoms with Crippen molar-refractivity contribution in [3.05, 3.63) is 60.3 Å². The van der Waals surface area contributed by atoms with Crippen molar-refractivity contribution < 1.29 is 9.90 Å². The van der Waals surface area contributed by atoms with E-state index in [0.717, 1.165) is 12.1 Å². The summed E-state index contributed by atoms with van der Waals surface area (Å²) in [6.07, 6.45) is 5.73. The molecule has 0 aliphatic carbocycles. The van der Waals surface area contributed by atoms with E-state index in [-0.39, 0.29) is 17.6 Å². The minimum Gasteiger partial charge on any atom is -0.390 e. The normalized spacial score (nSPS) is 20.8. The Morgan fingerprint density at radius 2 is 2.24 bits per heavy atom. The topological polar surface area (TPSA) is 94.1 Å². The van der Waals surface area contributed by atoms with Crippen molar-refractivity contribution in [3.8, 4) is 0 Å². The van der Waals surface area contributed by atoms with Crippen LogP contribution in [0.1, 0.15) is 16.1 Å². The molecule has 2 aromatic heterocycles. The number of aromatic amines is 1. The highest BCUT2D eigenvalue weighted by Gasteiger charge is 2.32. The number of fused-ring (bicyclic) bond motifs is 1. The summed E-state index contributed by atoms with van der Waals surface area (Å²) < 4.78 is 0. The number of rotatable bonds is 4. The van der Waals surface area contributed by atoms with Crippen molar-refractivity contribution in [1.82, 2.24) is 25.2 Å². The predicted octanol–water partition coefficient (Wildman–Crippen LogP) is 0.933. The van der Waals surface area contributed by atoms with Crippen molar-refractivity contribution in [2.24, 2.45) is 0 Å². The summed E-state index contributed by atoms with van der Waals surface area (Å²) >= 11 is 0. The van der Waals surface area contributed by atoms with Gasteiger partial charge in [-0.05, 0) is 23.1 Å². The Hall–Kier alpha value is -2.77. The number of nitrogens with zero attached hydrogens (tertiary/aromatic N) is 3. The van der Waals surface area contributed by atoms with E-state index in [1.54, 1.807) is 0 Å². The Kier molecular flexibility index (Phi) is 4.17. The van der Waals surface area contributed by atoms with Gasteiger partial charge in [0.15, 0.2) is 0 Å². The van der Waals surface area contributed by atoms with Gasteiger partial charge in [0.1, 0.15) is 5.69 Å². The van der Waals surface area contributed by atoms with Crippen LogP contribution < -0.4 is 5.32 Å². The van der Waals surface area contributed by atoms with Gasteiger partial charge in [0.05, 0.1) is 18.3 Å². The van der Waals surface area contributed by atoms with Crippen LogP contribution in [0.5, 0.6) is 0 Å². The molecule has 0 radical (unpaired) electrons. The molecule has 0 bridgehead atoms. The van der Waals surface area contributed by atoms with Crippen molar-refractivity contribution in [1.29, 1.82) is 0 Å². The number of aliphatic hydroxyl groups is 1. The molecule has 25 heavy (non-hydrogen) atoms. The summed E-state index contributed by atoms with van der Waals surface area (Å²) in [6.45, 7) is 1.84. The van der Waals surface area contributed by atoms with Gasteiger partial charge in [-0.2, -0.15) is 0 Å². The first-order chi connectivity index (χ1) is 12.2. The van der Waals surface area contributed by atoms with Crippen molar-refractivity contribution in [2.75, 3.05) is 13.1 Å². The predicted molar refractivity (Wildman–Crippen MR) is 92.9 cm³/mol. The van der Waals surface area contributed by atoms with E-state index >= 15 is 0 Å². The van der Waals surface area contributed by atoms with E-state index in [1.165, 1.54) is 29.5 Å². The third-order valence-corrected chi connectivity index (χ3v) is 4.50. The number of β-amino-alcohol motifs (C(OH)–C–C–N with tert-alkyl or cyclic N) is 1. The summed E-state index contributed by atoms with van der Waals surface area (Å²) in [5, 5.41) is 14.3. The van der Waals surface area contributed by atoms with Crippen LogP contribution in [0.15, 0.2) is 49.1 Å². The van der Waals surface area contributed by atoms with E-state index < -0.39 is 6.10 Å². The number of aromatic nitrogens is 3. The average Bonchev–Trinajstić information content (AvgIpc) is 3.22. The van der Waals surface area contributed by atoms with Crippen LogP contribution in [0.25, 0.3) is 10.9 Å². The minimum absolute atomic E-state index is 0.255. The molecule has 3 aromatic rings. The summed E-state index contributed by atoms with van der Waals surface area (Å²) in [7, 11) is 0. The molecule has 3 N–H and O–H groups in total. The first-order valence-electron chi connectivity index (χ1n) is 8.22. The van der Waals surface area contributed by atoms with Gasteiger partial charge in [-0.15, -0.1) is 0 Å². The molecule has 1 aromatic carbocycles. The highest BCUT2D eigenvalue weighted by molar-refractivity contribution is 5.92. The van der Waals surface area contributed by atoms with Crippen LogP contribution in [0, 0.1) is 0 Å². The molecular weight excluding hydrogens is 318 g/mol. The van der Waals surface area contributed by atoms with Gasteiger partial charge < -0.3 is 15.4 Å². The van der Waals surface area contributed by atoms with Gasteiger partial charge in [0, 0.05) is 43.7 Å². The Bertz CT molecular complexity index is 879. The lowest BCUT2D eigenvalue weighted by Gasteiger charge is -2.16. The standard InChI is InChI=1S/C18H19N5O2/c24-17-11-23(9-12-1-2-13-3-4-20-14(13)7-12)10-16(17)22-18(25)15-8-19-5-6-21-15/h1-8,16-17,20,24H,9-11H2,(H,22,25)/t16-,17-/m1/s1. The Morgan fingerprint density at radius 3 is 3.08 bits per heavy atom. The summed E-state index contributed by atoms with van der Waals surface area (Å²) in [4.78, 5) is 25.4. The van der Waals surface area contributed by atoms with Crippen LogP contribution in [0.2, 0.25) is 0 Å². The van der Waals surface area contributed by atoms with E-state index in [9.17, 15) is 9.90 Å². The molecule has 1 aliphatic rings. The fourth-order valence-electron chi connectivity index (χ4n) is 3.25. The largest absolute Gasteiger partial charge is 0.390 e. The van der Waals surface area contributed by atoms with Crippen LogP contribution in [0.3, 0.4) is 0 Å². The molecule has 0 saturated carbocycles. The van der Waals surface area contributed by atoms with E-state index in [1.807, 2.05) is 12.3 Å². The second-order valence-corrected chi connectivity index (χ2v) is 6.33. The van der Waals surface area contributed by atoms with Crippen LogP contribution in [0.4, 0.5) is 0 Å². The van der Waals surface area contributed by atoms with Crippen LogP contribution in [-0.4, -0.2) is 56.1 Å². The van der Waals surface area contributed by atoms with Gasteiger partial charge in [0.25, 0.3) is 5.91 Å². The highest BCUT2D eigenvalue weighted by atomic mass is 16.3. The molecule has 0 spiro atoms. The number of aliphatic hydroxyl groups excluding tert-OH is 1. The minimum atomic E-state index is -0.602. The molecule has 0 unspecified atom stereocenters. The van der Waals surface area contributed by atoms with Crippen LogP contribution in [-0.2, 0) is 6.54 Å². The number of hydrogen-bond acceptors (Lipinski definition) is 5. The smallest absolute Gasteiger partial charge is 0.271 e. The summed E-state index contributed by atoms with van der Waals surface area (Å²) in [5.74, 6) is -0.313. The molecule has 128 valence electrons. The Morgan fingerprint density at radius 1 is 1.32 bits per heavy atom. The number of likely N-dealkylation sites (tertiary alicyclic amines) is 1. The van der Waals surface area contributed by atoms with Gasteiger partial charge in [-0.25, -0.2) is 4.98 Å². The molecule has 1 saturated heterocycles. The van der Waals surface area contributed by atoms with Crippen molar-refractivity contribution >= 4 is 16.8 Å². The van der Waals surface area contributed by atoms with Gasteiger partial charge in [0.2, 0.25) is 0 Å². The first-order valence-corrected chi connectivity index (χ1v) is 8.22. The fourth-order valence-corrected chi connectivity index (χ4v) is 3.25. The van der Waals surface area contributed by atoms with E-state index in [4.69, 9.17) is 0 Å². The number of carbonyl (C=O) groups excluding carboxylic acids is 1. The molecular formula is C18H19N5O2. The average molecular weight is 337 g/mol. The second kappa shape index (κ2) is 6.62. The second-order valence-electron chi connectivity index (χ2n) is 6.33. The summed E-state index contributed by atoms with van der Waals surface area (Å²) in [5.41, 5.74) is 2.53. The molecule has 3 heterocycles. The third kappa shape index (κ3) is 3.38. The molecule has 7 nitrogen and oxygen atoms in total. The zero-order chi connectivity index (χ0) is 17.2.